The molecule has 1 aromatic carbocycles. The minimum Gasteiger partial charge on any atom is -0.496 e. The highest BCUT2D eigenvalue weighted by Gasteiger charge is 2.34. The van der Waals surface area contributed by atoms with Crippen LogP contribution >= 0.6 is 0 Å². The Hall–Kier alpha value is -4.21. The van der Waals surface area contributed by atoms with Crippen molar-refractivity contribution in [3.8, 4) is 28.5 Å². The standard InChI is InChI=1S/C27H23F3N6O/c1-36-14-21(27(28,29)30)34-26(36)17-5-3-15(4-6-17)11-18-12-32-19-13-33-25(35-23(18)19)22-20(37-2)9-10-31-24(22)16-7-8-16/h3-6,9-10,12-14,16,32H,7-8,11H2,1-2H3. The van der Waals surface area contributed by atoms with Crippen molar-refractivity contribution < 1.29 is 17.9 Å². The van der Waals surface area contributed by atoms with E-state index in [1.54, 1.807) is 38.7 Å². The topological polar surface area (TPSA) is 81.5 Å². The number of nitrogens with one attached hydrogen (secondary N) is 1. The quantitative estimate of drug-likeness (QED) is 0.311. The smallest absolute Gasteiger partial charge is 0.434 e. The second-order valence-electron chi connectivity index (χ2n) is 9.25. The summed E-state index contributed by atoms with van der Waals surface area (Å²) in [5.41, 5.74) is 5.11. The average Bonchev–Trinajstić information content (AvgIpc) is 3.55. The molecule has 4 heterocycles. The predicted octanol–water partition coefficient (Wildman–Crippen LogP) is 5.92. The molecule has 0 atom stereocenters. The summed E-state index contributed by atoms with van der Waals surface area (Å²) in [6, 6.07) is 9.19. The van der Waals surface area contributed by atoms with E-state index in [4.69, 9.17) is 9.72 Å². The Morgan fingerprint density at radius 1 is 1.08 bits per heavy atom. The third-order valence-electron chi connectivity index (χ3n) is 6.62. The van der Waals surface area contributed by atoms with Gasteiger partial charge in [0.15, 0.2) is 11.5 Å². The Bertz CT molecular complexity index is 1600. The molecule has 0 unspecified atom stereocenters. The van der Waals surface area contributed by atoms with E-state index in [0.29, 0.717) is 29.5 Å². The first-order valence-electron chi connectivity index (χ1n) is 11.9. The number of nitrogens with zero attached hydrogens (tertiary/aromatic N) is 5. The predicted molar refractivity (Wildman–Crippen MR) is 132 cm³/mol. The van der Waals surface area contributed by atoms with E-state index < -0.39 is 11.9 Å². The summed E-state index contributed by atoms with van der Waals surface area (Å²) in [4.78, 5) is 21.1. The molecule has 1 fully saturated rings. The molecule has 0 spiro atoms. The van der Waals surface area contributed by atoms with Gasteiger partial charge in [0, 0.05) is 49.1 Å². The van der Waals surface area contributed by atoms with Gasteiger partial charge in [0.1, 0.15) is 11.6 Å². The lowest BCUT2D eigenvalue weighted by Gasteiger charge is -2.11. The van der Waals surface area contributed by atoms with Crippen LogP contribution < -0.4 is 4.74 Å². The molecule has 37 heavy (non-hydrogen) atoms. The first kappa shape index (κ1) is 23.2. The second-order valence-corrected chi connectivity index (χ2v) is 9.25. The average molecular weight is 505 g/mol. The monoisotopic (exact) mass is 504 g/mol. The maximum atomic E-state index is 13.0. The molecule has 0 amide bonds. The summed E-state index contributed by atoms with van der Waals surface area (Å²) in [6.45, 7) is 0. The fraction of sp³-hybridized carbons (Fsp3) is 0.259. The summed E-state index contributed by atoms with van der Waals surface area (Å²) in [5, 5.41) is 0. The lowest BCUT2D eigenvalue weighted by atomic mass is 10.0. The van der Waals surface area contributed by atoms with Crippen LogP contribution in [0.1, 0.15) is 41.3 Å². The number of aromatic nitrogens is 6. The van der Waals surface area contributed by atoms with Crippen molar-refractivity contribution in [1.82, 2.24) is 29.5 Å². The molecule has 1 saturated carbocycles. The van der Waals surface area contributed by atoms with Gasteiger partial charge in [-0.25, -0.2) is 15.0 Å². The molecule has 4 aromatic heterocycles. The Morgan fingerprint density at radius 3 is 2.54 bits per heavy atom. The number of alkyl halides is 3. The Kier molecular flexibility index (Phi) is 5.47. The maximum absolute atomic E-state index is 13.0. The van der Waals surface area contributed by atoms with Gasteiger partial charge in [-0.2, -0.15) is 13.2 Å². The van der Waals surface area contributed by atoms with Crippen molar-refractivity contribution in [1.29, 1.82) is 0 Å². The van der Waals surface area contributed by atoms with Crippen LogP contribution in [0.2, 0.25) is 0 Å². The van der Waals surface area contributed by atoms with Crippen LogP contribution in [-0.2, 0) is 19.6 Å². The highest BCUT2D eigenvalue weighted by Crippen LogP contribution is 2.45. The van der Waals surface area contributed by atoms with Crippen molar-refractivity contribution in [2.45, 2.75) is 31.4 Å². The van der Waals surface area contributed by atoms with Crippen LogP contribution in [0.3, 0.4) is 0 Å². The fourth-order valence-electron chi connectivity index (χ4n) is 4.60. The Balaban J connectivity index is 1.31. The number of aromatic amines is 1. The number of aryl methyl sites for hydroxylation is 1. The Labute approximate surface area is 210 Å². The molecule has 6 rings (SSSR count). The van der Waals surface area contributed by atoms with Gasteiger partial charge in [-0.3, -0.25) is 4.98 Å². The van der Waals surface area contributed by atoms with Gasteiger partial charge < -0.3 is 14.3 Å². The second kappa shape index (κ2) is 8.72. The first-order chi connectivity index (χ1) is 17.8. The van der Waals surface area contributed by atoms with E-state index in [1.807, 2.05) is 24.4 Å². The highest BCUT2D eigenvalue weighted by molar-refractivity contribution is 5.81. The van der Waals surface area contributed by atoms with Crippen LogP contribution in [-0.4, -0.2) is 36.6 Å². The van der Waals surface area contributed by atoms with Crippen LogP contribution in [0, 0.1) is 0 Å². The van der Waals surface area contributed by atoms with Crippen molar-refractivity contribution in [2.24, 2.45) is 7.05 Å². The van der Waals surface area contributed by atoms with E-state index in [0.717, 1.165) is 52.5 Å². The number of methoxy groups -OCH3 is 1. The molecule has 188 valence electrons. The lowest BCUT2D eigenvalue weighted by Crippen LogP contribution is -2.04. The minimum atomic E-state index is -4.48. The van der Waals surface area contributed by atoms with Crippen LogP contribution in [0.25, 0.3) is 33.8 Å². The first-order valence-corrected chi connectivity index (χ1v) is 11.9. The molecule has 0 saturated heterocycles. The summed E-state index contributed by atoms with van der Waals surface area (Å²) in [6.07, 6.45) is 4.73. The molecule has 1 aliphatic rings. The number of hydrogen-bond acceptors (Lipinski definition) is 5. The van der Waals surface area contributed by atoms with Gasteiger partial charge in [0.05, 0.1) is 35.6 Å². The van der Waals surface area contributed by atoms with Crippen molar-refractivity contribution in [2.75, 3.05) is 7.11 Å². The van der Waals surface area contributed by atoms with Crippen molar-refractivity contribution in [3.05, 3.63) is 77.6 Å². The van der Waals surface area contributed by atoms with Crippen LogP contribution in [0.4, 0.5) is 13.2 Å². The number of halogens is 3. The molecule has 1 N–H and O–H groups in total. The molecule has 1 aliphatic carbocycles. The number of rotatable bonds is 6. The van der Waals surface area contributed by atoms with Gasteiger partial charge in [-0.05, 0) is 24.5 Å². The highest BCUT2D eigenvalue weighted by atomic mass is 19.4. The Morgan fingerprint density at radius 2 is 1.86 bits per heavy atom. The van der Waals surface area contributed by atoms with E-state index in [9.17, 15) is 13.2 Å². The summed E-state index contributed by atoms with van der Waals surface area (Å²) < 4.78 is 46.1. The molecule has 10 heteroatoms. The number of hydrogen-bond donors (Lipinski definition) is 1. The zero-order valence-corrected chi connectivity index (χ0v) is 20.2. The zero-order valence-electron chi connectivity index (χ0n) is 20.2. The minimum absolute atomic E-state index is 0.264. The number of ether oxygens (including phenoxy) is 1. The van der Waals surface area contributed by atoms with Crippen molar-refractivity contribution >= 4 is 11.0 Å². The fourth-order valence-corrected chi connectivity index (χ4v) is 4.60. The van der Waals surface area contributed by atoms with Crippen LogP contribution in [0.15, 0.2) is 55.1 Å². The number of benzene rings is 1. The van der Waals surface area contributed by atoms with Crippen molar-refractivity contribution in [3.63, 3.8) is 0 Å². The third-order valence-corrected chi connectivity index (χ3v) is 6.62. The third kappa shape index (κ3) is 4.32. The molecular weight excluding hydrogens is 481 g/mol. The lowest BCUT2D eigenvalue weighted by molar-refractivity contribution is -0.140. The molecule has 7 nitrogen and oxygen atoms in total. The van der Waals surface area contributed by atoms with Gasteiger partial charge >= 0.3 is 6.18 Å². The van der Waals surface area contributed by atoms with E-state index >= 15 is 0 Å². The molecule has 0 bridgehead atoms. The number of H-pyrrole nitrogens is 1. The molecule has 0 radical (unpaired) electrons. The molecular formula is C27H23F3N6O. The van der Waals surface area contributed by atoms with Gasteiger partial charge in [0.2, 0.25) is 0 Å². The maximum Gasteiger partial charge on any atom is 0.434 e. The summed E-state index contributed by atoms with van der Waals surface area (Å²) in [5.74, 6) is 1.94. The van der Waals surface area contributed by atoms with Gasteiger partial charge in [0.25, 0.3) is 0 Å². The SMILES string of the molecule is COc1ccnc(C2CC2)c1-c1ncc2[nH]cc(Cc3ccc(-c4nc(C(F)(F)F)cn4C)cc3)c2n1. The molecule has 0 aliphatic heterocycles. The van der Waals surface area contributed by atoms with E-state index in [1.165, 1.54) is 4.57 Å². The summed E-state index contributed by atoms with van der Waals surface area (Å²) >= 11 is 0. The van der Waals surface area contributed by atoms with E-state index in [2.05, 4.69) is 19.9 Å². The summed E-state index contributed by atoms with van der Waals surface area (Å²) in [7, 11) is 3.19. The van der Waals surface area contributed by atoms with Gasteiger partial charge in [-0.15, -0.1) is 0 Å². The number of fused-ring (bicyclic) bond motifs is 1. The number of pyridine rings is 1. The molecule has 5 aromatic rings. The normalized spacial score (nSPS) is 13.9. The van der Waals surface area contributed by atoms with E-state index in [-0.39, 0.29) is 5.82 Å². The van der Waals surface area contributed by atoms with Crippen LogP contribution in [0.5, 0.6) is 5.75 Å². The largest absolute Gasteiger partial charge is 0.496 e. The van der Waals surface area contributed by atoms with Gasteiger partial charge in [-0.1, -0.05) is 24.3 Å². The zero-order chi connectivity index (χ0) is 25.7. The number of imidazole rings is 1.